The Bertz CT molecular complexity index is 781. The van der Waals surface area contributed by atoms with Gasteiger partial charge in [-0.05, 0) is 40.6 Å². The molecule has 0 saturated heterocycles. The zero-order valence-corrected chi connectivity index (χ0v) is 12.9. The quantitative estimate of drug-likeness (QED) is 0.730. The van der Waals surface area contributed by atoms with Gasteiger partial charge in [-0.1, -0.05) is 58.4 Å². The molecule has 0 bridgehead atoms. The topological polar surface area (TPSA) is 29.1 Å². The Labute approximate surface area is 131 Å². The minimum absolute atomic E-state index is 0.00685. The van der Waals surface area contributed by atoms with Crippen molar-refractivity contribution < 1.29 is 4.79 Å². The molecule has 0 fully saturated rings. The van der Waals surface area contributed by atoms with Crippen molar-refractivity contribution in [1.82, 2.24) is 0 Å². The van der Waals surface area contributed by atoms with E-state index in [4.69, 9.17) is 0 Å². The van der Waals surface area contributed by atoms with Gasteiger partial charge in [0.2, 0.25) is 5.91 Å². The first-order chi connectivity index (χ1) is 10.2. The van der Waals surface area contributed by atoms with Gasteiger partial charge in [0, 0.05) is 10.2 Å². The molecule has 0 heterocycles. The molecule has 0 spiro atoms. The molecule has 2 nitrogen and oxygen atoms in total. The van der Waals surface area contributed by atoms with E-state index in [-0.39, 0.29) is 5.91 Å². The third-order valence-electron chi connectivity index (χ3n) is 3.31. The number of benzene rings is 3. The van der Waals surface area contributed by atoms with E-state index in [0.717, 1.165) is 21.1 Å². The summed E-state index contributed by atoms with van der Waals surface area (Å²) in [6.07, 6.45) is 0.376. The van der Waals surface area contributed by atoms with Crippen LogP contribution in [0.2, 0.25) is 0 Å². The van der Waals surface area contributed by atoms with Crippen LogP contribution in [0.15, 0.2) is 71.2 Å². The highest BCUT2D eigenvalue weighted by molar-refractivity contribution is 9.10. The highest BCUT2D eigenvalue weighted by Crippen LogP contribution is 2.17. The summed E-state index contributed by atoms with van der Waals surface area (Å²) in [6.45, 7) is 0. The van der Waals surface area contributed by atoms with Crippen LogP contribution in [0.4, 0.5) is 5.69 Å². The van der Waals surface area contributed by atoms with Gasteiger partial charge in [-0.2, -0.15) is 0 Å². The Balaban J connectivity index is 1.72. The monoisotopic (exact) mass is 339 g/mol. The molecule has 3 rings (SSSR count). The van der Waals surface area contributed by atoms with Crippen molar-refractivity contribution in [2.75, 3.05) is 5.32 Å². The van der Waals surface area contributed by atoms with Crippen LogP contribution < -0.4 is 5.32 Å². The summed E-state index contributed by atoms with van der Waals surface area (Å²) in [5, 5.41) is 5.25. The second kappa shape index (κ2) is 6.10. The second-order valence-electron chi connectivity index (χ2n) is 4.91. The van der Waals surface area contributed by atoms with E-state index >= 15 is 0 Å². The van der Waals surface area contributed by atoms with Crippen LogP contribution in [0.5, 0.6) is 0 Å². The Morgan fingerprint density at radius 1 is 0.905 bits per heavy atom. The van der Waals surface area contributed by atoms with Crippen LogP contribution in [0.25, 0.3) is 10.8 Å². The molecule has 0 saturated carbocycles. The fourth-order valence-corrected chi connectivity index (χ4v) is 2.54. The number of carbonyl (C=O) groups excluding carboxylic acids is 1. The average molecular weight is 340 g/mol. The molecule has 3 heteroatoms. The molecular weight excluding hydrogens is 326 g/mol. The van der Waals surface area contributed by atoms with Gasteiger partial charge < -0.3 is 5.32 Å². The van der Waals surface area contributed by atoms with Gasteiger partial charge in [0.05, 0.1) is 6.42 Å². The first-order valence-corrected chi connectivity index (χ1v) is 7.53. The maximum Gasteiger partial charge on any atom is 0.228 e. The molecule has 3 aromatic carbocycles. The van der Waals surface area contributed by atoms with Gasteiger partial charge in [0.25, 0.3) is 0 Å². The van der Waals surface area contributed by atoms with Crippen LogP contribution in [-0.4, -0.2) is 5.91 Å². The summed E-state index contributed by atoms with van der Waals surface area (Å²) in [7, 11) is 0. The molecule has 0 atom stereocenters. The molecule has 0 aliphatic heterocycles. The largest absolute Gasteiger partial charge is 0.326 e. The lowest BCUT2D eigenvalue weighted by Crippen LogP contribution is -2.14. The highest BCUT2D eigenvalue weighted by Gasteiger charge is 2.05. The number of amides is 1. The molecule has 1 N–H and O–H groups in total. The maximum absolute atomic E-state index is 12.1. The number of nitrogens with one attached hydrogen (secondary N) is 1. The van der Waals surface area contributed by atoms with Gasteiger partial charge in [-0.3, -0.25) is 4.79 Å². The summed E-state index contributed by atoms with van der Waals surface area (Å²) in [6, 6.07) is 21.8. The predicted molar refractivity (Wildman–Crippen MR) is 90.4 cm³/mol. The van der Waals surface area contributed by atoms with Crippen molar-refractivity contribution in [3.63, 3.8) is 0 Å². The van der Waals surface area contributed by atoms with E-state index < -0.39 is 0 Å². The lowest BCUT2D eigenvalue weighted by atomic mass is 10.0. The van der Waals surface area contributed by atoms with E-state index in [1.807, 2.05) is 42.5 Å². The number of hydrogen-bond donors (Lipinski definition) is 1. The van der Waals surface area contributed by atoms with Gasteiger partial charge in [-0.25, -0.2) is 0 Å². The molecule has 0 unspecified atom stereocenters. The first-order valence-electron chi connectivity index (χ1n) is 6.74. The standard InChI is InChI=1S/C18H14BrNO/c19-16-7-9-17(10-8-16)20-18(21)12-13-5-6-14-3-1-2-4-15(14)11-13/h1-11H,12H2,(H,20,21). The van der Waals surface area contributed by atoms with Crippen LogP contribution in [0, 0.1) is 0 Å². The smallest absolute Gasteiger partial charge is 0.228 e. The molecule has 0 aliphatic carbocycles. The first kappa shape index (κ1) is 13.8. The molecule has 104 valence electrons. The average Bonchev–Trinajstić information content (AvgIpc) is 2.49. The number of anilines is 1. The molecule has 21 heavy (non-hydrogen) atoms. The maximum atomic E-state index is 12.1. The van der Waals surface area contributed by atoms with E-state index in [1.54, 1.807) is 0 Å². The van der Waals surface area contributed by atoms with E-state index in [0.29, 0.717) is 6.42 Å². The van der Waals surface area contributed by atoms with Crippen LogP contribution in [0.3, 0.4) is 0 Å². The number of carbonyl (C=O) groups is 1. The molecular formula is C18H14BrNO. The molecule has 1 amide bonds. The highest BCUT2D eigenvalue weighted by atomic mass is 79.9. The van der Waals surface area contributed by atoms with Crippen molar-refractivity contribution in [3.05, 3.63) is 76.8 Å². The summed E-state index contributed by atoms with van der Waals surface area (Å²) in [4.78, 5) is 12.1. The number of fused-ring (bicyclic) bond motifs is 1. The van der Waals surface area contributed by atoms with Crippen molar-refractivity contribution in [1.29, 1.82) is 0 Å². The van der Waals surface area contributed by atoms with Crippen molar-refractivity contribution in [3.8, 4) is 0 Å². The molecule has 0 radical (unpaired) electrons. The number of rotatable bonds is 3. The lowest BCUT2D eigenvalue weighted by Gasteiger charge is -2.06. The second-order valence-corrected chi connectivity index (χ2v) is 5.83. The third-order valence-corrected chi connectivity index (χ3v) is 3.84. The minimum Gasteiger partial charge on any atom is -0.326 e. The Hall–Kier alpha value is -2.13. The number of halogens is 1. The summed E-state index contributed by atoms with van der Waals surface area (Å²) < 4.78 is 0.995. The summed E-state index contributed by atoms with van der Waals surface area (Å²) >= 11 is 3.38. The van der Waals surface area contributed by atoms with E-state index in [9.17, 15) is 4.79 Å². The zero-order valence-electron chi connectivity index (χ0n) is 11.3. The molecule has 3 aromatic rings. The zero-order chi connectivity index (χ0) is 14.7. The lowest BCUT2D eigenvalue weighted by molar-refractivity contribution is -0.115. The van der Waals surface area contributed by atoms with Crippen molar-refractivity contribution >= 4 is 38.3 Å². The molecule has 0 aromatic heterocycles. The van der Waals surface area contributed by atoms with Gasteiger partial charge in [-0.15, -0.1) is 0 Å². The van der Waals surface area contributed by atoms with E-state index in [1.165, 1.54) is 5.39 Å². The predicted octanol–water partition coefficient (Wildman–Crippen LogP) is 4.78. The Morgan fingerprint density at radius 2 is 1.62 bits per heavy atom. The number of hydrogen-bond acceptors (Lipinski definition) is 1. The van der Waals surface area contributed by atoms with Crippen LogP contribution in [-0.2, 0) is 11.2 Å². The Kier molecular flexibility index (Phi) is 4.02. The van der Waals surface area contributed by atoms with Crippen LogP contribution in [0.1, 0.15) is 5.56 Å². The third kappa shape index (κ3) is 3.50. The fourth-order valence-electron chi connectivity index (χ4n) is 2.27. The van der Waals surface area contributed by atoms with Gasteiger partial charge in [0.15, 0.2) is 0 Å². The van der Waals surface area contributed by atoms with Crippen molar-refractivity contribution in [2.24, 2.45) is 0 Å². The molecule has 0 aliphatic rings. The van der Waals surface area contributed by atoms with Gasteiger partial charge >= 0.3 is 0 Å². The van der Waals surface area contributed by atoms with Crippen molar-refractivity contribution in [2.45, 2.75) is 6.42 Å². The van der Waals surface area contributed by atoms with Gasteiger partial charge in [0.1, 0.15) is 0 Å². The SMILES string of the molecule is O=C(Cc1ccc2ccccc2c1)Nc1ccc(Br)cc1. The fraction of sp³-hybridized carbons (Fsp3) is 0.0556. The van der Waals surface area contributed by atoms with Crippen LogP contribution >= 0.6 is 15.9 Å². The normalized spacial score (nSPS) is 10.5. The Morgan fingerprint density at radius 3 is 2.38 bits per heavy atom. The summed E-state index contributed by atoms with van der Waals surface area (Å²) in [5.41, 5.74) is 1.83. The van der Waals surface area contributed by atoms with E-state index in [2.05, 4.69) is 45.5 Å². The summed E-state index contributed by atoms with van der Waals surface area (Å²) in [5.74, 6) is -0.00685. The minimum atomic E-state index is -0.00685.